The van der Waals surface area contributed by atoms with Crippen molar-refractivity contribution in [3.63, 3.8) is 0 Å². The molecule has 0 rings (SSSR count). The smallest absolute Gasteiger partial charge is 0.407 e. The summed E-state index contributed by atoms with van der Waals surface area (Å²) < 4.78 is 5.08. The minimum Gasteiger partial charge on any atom is -0.450 e. The van der Waals surface area contributed by atoms with Crippen LogP contribution in [0.2, 0.25) is 0 Å². The number of alkyl carbamates (subject to hydrolysis) is 1. The van der Waals surface area contributed by atoms with E-state index in [1.807, 2.05) is 6.92 Å². The van der Waals surface area contributed by atoms with Crippen molar-refractivity contribution in [1.82, 2.24) is 5.32 Å². The van der Waals surface area contributed by atoms with Crippen molar-refractivity contribution < 1.29 is 9.53 Å². The average Bonchev–Trinajstić information content (AvgIpc) is 2.68. The van der Waals surface area contributed by atoms with Gasteiger partial charge < -0.3 is 10.1 Å². The zero-order valence-corrected chi connectivity index (χ0v) is 17.6. The standard InChI is InChI=1S/C24H41NO2/c1-3-5-6-7-8-9-10-11-12-13-14-15-16-17-18-19-20-21-23-27-24(26)25-22-4-2/h5-6,11-12,14-15,17-18H,3-4,7-10,13,16,19-23H2,1-2H3,(H,25,26)/b6-5-,12-11-,15-14-,18-17-. The molecule has 0 unspecified atom stereocenters. The maximum absolute atomic E-state index is 11.2. The lowest BCUT2D eigenvalue weighted by molar-refractivity contribution is 0.144. The summed E-state index contributed by atoms with van der Waals surface area (Å²) >= 11 is 0. The Morgan fingerprint density at radius 1 is 0.741 bits per heavy atom. The van der Waals surface area contributed by atoms with Crippen LogP contribution >= 0.6 is 0 Å². The number of unbranched alkanes of at least 4 members (excludes halogenated alkanes) is 5. The van der Waals surface area contributed by atoms with E-state index in [2.05, 4.69) is 60.8 Å². The number of carbonyl (C=O) groups excluding carboxylic acids is 1. The van der Waals surface area contributed by atoms with Crippen LogP contribution in [0.25, 0.3) is 0 Å². The molecule has 1 N–H and O–H groups in total. The Balaban J connectivity index is 3.36. The number of rotatable bonds is 17. The normalized spacial score (nSPS) is 12.1. The molecule has 0 aromatic carbocycles. The van der Waals surface area contributed by atoms with Crippen LogP contribution < -0.4 is 5.32 Å². The molecule has 0 aromatic heterocycles. The van der Waals surface area contributed by atoms with Crippen molar-refractivity contribution in [2.75, 3.05) is 13.2 Å². The lowest BCUT2D eigenvalue weighted by atomic mass is 10.1. The lowest BCUT2D eigenvalue weighted by Crippen LogP contribution is -2.25. The van der Waals surface area contributed by atoms with Gasteiger partial charge in [0.2, 0.25) is 0 Å². The molecule has 0 aliphatic carbocycles. The van der Waals surface area contributed by atoms with Gasteiger partial charge in [-0.05, 0) is 70.6 Å². The fourth-order valence-electron chi connectivity index (χ4n) is 2.39. The summed E-state index contributed by atoms with van der Waals surface area (Å²) in [7, 11) is 0. The second-order valence-electron chi connectivity index (χ2n) is 6.61. The first kappa shape index (κ1) is 25.2. The Bertz CT molecular complexity index is 436. The lowest BCUT2D eigenvalue weighted by Gasteiger charge is -2.04. The highest BCUT2D eigenvalue weighted by Gasteiger charge is 1.98. The topological polar surface area (TPSA) is 38.3 Å². The molecule has 0 radical (unpaired) electrons. The van der Waals surface area contributed by atoms with E-state index in [0.29, 0.717) is 13.2 Å². The molecule has 0 aliphatic heterocycles. The van der Waals surface area contributed by atoms with Crippen molar-refractivity contribution >= 4 is 6.09 Å². The minimum absolute atomic E-state index is 0.296. The Kier molecular flexibility index (Phi) is 20.8. The molecular formula is C24H41NO2. The number of carbonyl (C=O) groups is 1. The highest BCUT2D eigenvalue weighted by Crippen LogP contribution is 2.03. The third-order valence-corrected chi connectivity index (χ3v) is 3.96. The Labute approximate surface area is 167 Å². The van der Waals surface area contributed by atoms with Gasteiger partial charge in [0.25, 0.3) is 0 Å². The van der Waals surface area contributed by atoms with Gasteiger partial charge in [-0.1, -0.05) is 62.5 Å². The number of hydrogen-bond donors (Lipinski definition) is 1. The number of ether oxygens (including phenoxy) is 1. The van der Waals surface area contributed by atoms with Crippen molar-refractivity contribution in [2.45, 2.75) is 84.5 Å². The van der Waals surface area contributed by atoms with Gasteiger partial charge >= 0.3 is 6.09 Å². The van der Waals surface area contributed by atoms with Gasteiger partial charge in [0.15, 0.2) is 0 Å². The summed E-state index contributed by atoms with van der Waals surface area (Å²) in [6, 6.07) is 0. The fraction of sp³-hybridized carbons (Fsp3) is 0.625. The molecule has 0 heterocycles. The molecule has 0 spiro atoms. The second kappa shape index (κ2) is 22.3. The molecule has 3 heteroatoms. The van der Waals surface area contributed by atoms with Crippen molar-refractivity contribution in [3.05, 3.63) is 48.6 Å². The van der Waals surface area contributed by atoms with Gasteiger partial charge in [0.05, 0.1) is 6.61 Å². The third kappa shape index (κ3) is 22.2. The van der Waals surface area contributed by atoms with E-state index in [1.165, 1.54) is 25.7 Å². The van der Waals surface area contributed by atoms with Gasteiger partial charge in [-0.3, -0.25) is 0 Å². The van der Waals surface area contributed by atoms with Crippen LogP contribution in [0, 0.1) is 0 Å². The SMILES string of the molecule is CC/C=C\CCCC/C=C\C/C=C\C/C=C\CCCCOC(=O)NCCC. The molecular weight excluding hydrogens is 334 g/mol. The van der Waals surface area contributed by atoms with Crippen LogP contribution in [-0.2, 0) is 4.74 Å². The van der Waals surface area contributed by atoms with Gasteiger partial charge in [0.1, 0.15) is 0 Å². The summed E-state index contributed by atoms with van der Waals surface area (Å²) in [6.07, 6.45) is 29.8. The number of hydrogen-bond acceptors (Lipinski definition) is 2. The minimum atomic E-state index is -0.296. The quantitative estimate of drug-likeness (QED) is 0.214. The first-order valence-corrected chi connectivity index (χ1v) is 10.8. The molecule has 0 aliphatic rings. The Morgan fingerprint density at radius 3 is 1.81 bits per heavy atom. The van der Waals surface area contributed by atoms with Crippen molar-refractivity contribution in [1.29, 1.82) is 0 Å². The molecule has 3 nitrogen and oxygen atoms in total. The van der Waals surface area contributed by atoms with Crippen molar-refractivity contribution in [3.8, 4) is 0 Å². The predicted octanol–water partition coefficient (Wildman–Crippen LogP) is 7.27. The van der Waals surface area contributed by atoms with Crippen molar-refractivity contribution in [2.24, 2.45) is 0 Å². The summed E-state index contributed by atoms with van der Waals surface area (Å²) in [6.45, 7) is 5.39. The highest BCUT2D eigenvalue weighted by molar-refractivity contribution is 5.66. The van der Waals surface area contributed by atoms with E-state index in [-0.39, 0.29) is 6.09 Å². The molecule has 0 aromatic rings. The van der Waals surface area contributed by atoms with Crippen LogP contribution in [0.1, 0.15) is 84.5 Å². The number of nitrogens with one attached hydrogen (secondary N) is 1. The van der Waals surface area contributed by atoms with Crippen LogP contribution in [0.15, 0.2) is 48.6 Å². The fourth-order valence-corrected chi connectivity index (χ4v) is 2.39. The predicted molar refractivity (Wildman–Crippen MR) is 118 cm³/mol. The molecule has 0 atom stereocenters. The largest absolute Gasteiger partial charge is 0.450 e. The van der Waals surface area contributed by atoms with Gasteiger partial charge in [0, 0.05) is 6.54 Å². The maximum Gasteiger partial charge on any atom is 0.407 e. The number of amides is 1. The maximum atomic E-state index is 11.2. The van der Waals surface area contributed by atoms with Gasteiger partial charge in [-0.25, -0.2) is 4.79 Å². The highest BCUT2D eigenvalue weighted by atomic mass is 16.5. The third-order valence-electron chi connectivity index (χ3n) is 3.96. The van der Waals surface area contributed by atoms with E-state index < -0.39 is 0 Å². The summed E-state index contributed by atoms with van der Waals surface area (Å²) in [5.41, 5.74) is 0. The summed E-state index contributed by atoms with van der Waals surface area (Å²) in [4.78, 5) is 11.2. The molecule has 0 fully saturated rings. The van der Waals surface area contributed by atoms with Crippen LogP contribution in [0.5, 0.6) is 0 Å². The van der Waals surface area contributed by atoms with E-state index in [1.54, 1.807) is 0 Å². The zero-order chi connectivity index (χ0) is 19.8. The molecule has 154 valence electrons. The van der Waals surface area contributed by atoms with E-state index >= 15 is 0 Å². The van der Waals surface area contributed by atoms with Gasteiger partial charge in [-0.15, -0.1) is 0 Å². The summed E-state index contributed by atoms with van der Waals surface area (Å²) in [5.74, 6) is 0. The monoisotopic (exact) mass is 375 g/mol. The second-order valence-corrected chi connectivity index (χ2v) is 6.61. The molecule has 0 saturated heterocycles. The summed E-state index contributed by atoms with van der Waals surface area (Å²) in [5, 5.41) is 2.70. The average molecular weight is 376 g/mol. The van der Waals surface area contributed by atoms with Crippen LogP contribution in [-0.4, -0.2) is 19.2 Å². The van der Waals surface area contributed by atoms with Gasteiger partial charge in [-0.2, -0.15) is 0 Å². The zero-order valence-electron chi connectivity index (χ0n) is 17.6. The van der Waals surface area contributed by atoms with Crippen LogP contribution in [0.4, 0.5) is 4.79 Å². The Hall–Kier alpha value is -1.77. The Morgan fingerprint density at radius 2 is 1.26 bits per heavy atom. The first-order valence-electron chi connectivity index (χ1n) is 10.8. The molecule has 27 heavy (non-hydrogen) atoms. The van der Waals surface area contributed by atoms with E-state index in [4.69, 9.17) is 4.74 Å². The van der Waals surface area contributed by atoms with E-state index in [0.717, 1.165) is 44.9 Å². The molecule has 0 saturated carbocycles. The number of allylic oxidation sites excluding steroid dienone is 8. The van der Waals surface area contributed by atoms with E-state index in [9.17, 15) is 4.79 Å². The molecule has 1 amide bonds. The first-order chi connectivity index (χ1) is 13.3. The molecule has 0 bridgehead atoms. The van der Waals surface area contributed by atoms with Crippen LogP contribution in [0.3, 0.4) is 0 Å².